The second-order valence-corrected chi connectivity index (χ2v) is 6.27. The van der Waals surface area contributed by atoms with Crippen LogP contribution in [0.4, 0.5) is 13.2 Å². The van der Waals surface area contributed by atoms with Gasteiger partial charge in [-0.25, -0.2) is 0 Å². The fraction of sp³-hybridized carbons (Fsp3) is 0.588. The number of carbonyl (C=O) groups is 1. The number of likely N-dealkylation sites (tertiary alicyclic amines) is 1. The summed E-state index contributed by atoms with van der Waals surface area (Å²) < 4.78 is 40.1. The minimum atomic E-state index is -4.69. The molecule has 0 spiro atoms. The predicted molar refractivity (Wildman–Crippen MR) is 91.6 cm³/mol. The van der Waals surface area contributed by atoms with Crippen LogP contribution in [0.1, 0.15) is 31.7 Å². The number of halogens is 4. The maximum absolute atomic E-state index is 12.2. The van der Waals surface area contributed by atoms with E-state index in [2.05, 4.69) is 4.74 Å². The Morgan fingerprint density at radius 3 is 2.32 bits per heavy atom. The maximum atomic E-state index is 12.2. The molecule has 1 aromatic carbocycles. The van der Waals surface area contributed by atoms with Gasteiger partial charge in [-0.3, -0.25) is 4.79 Å². The molecule has 2 rings (SSSR count). The van der Waals surface area contributed by atoms with Crippen LogP contribution in [0, 0.1) is 5.92 Å². The molecule has 25 heavy (non-hydrogen) atoms. The van der Waals surface area contributed by atoms with Crippen molar-refractivity contribution >= 4 is 18.3 Å². The van der Waals surface area contributed by atoms with Crippen molar-refractivity contribution in [1.82, 2.24) is 4.90 Å². The first-order valence-electron chi connectivity index (χ1n) is 8.12. The van der Waals surface area contributed by atoms with Crippen LogP contribution in [-0.2, 0) is 11.2 Å². The number of nitrogens with zero attached hydrogens (tertiary/aromatic N) is 1. The van der Waals surface area contributed by atoms with E-state index >= 15 is 0 Å². The van der Waals surface area contributed by atoms with Crippen LogP contribution in [-0.4, -0.2) is 36.3 Å². The molecule has 0 aliphatic carbocycles. The van der Waals surface area contributed by atoms with E-state index in [9.17, 15) is 18.0 Å². The molecule has 0 saturated carbocycles. The molecule has 4 nitrogen and oxygen atoms in total. The Balaban J connectivity index is 0.00000312. The predicted octanol–water partition coefficient (Wildman–Crippen LogP) is 3.53. The molecule has 8 heteroatoms. The molecule has 0 aromatic heterocycles. The number of hydrogen-bond acceptors (Lipinski definition) is 3. The Morgan fingerprint density at radius 2 is 1.84 bits per heavy atom. The highest BCUT2D eigenvalue weighted by Crippen LogP contribution is 2.23. The van der Waals surface area contributed by atoms with Crippen LogP contribution in [0.25, 0.3) is 0 Å². The van der Waals surface area contributed by atoms with Crippen molar-refractivity contribution in [3.05, 3.63) is 29.8 Å². The van der Waals surface area contributed by atoms with E-state index in [0.717, 1.165) is 31.5 Å². The number of piperidine rings is 1. The van der Waals surface area contributed by atoms with E-state index in [-0.39, 0.29) is 30.1 Å². The number of amides is 1. The normalized spacial score (nSPS) is 16.9. The van der Waals surface area contributed by atoms with Gasteiger partial charge in [0.1, 0.15) is 5.75 Å². The zero-order valence-corrected chi connectivity index (χ0v) is 14.9. The van der Waals surface area contributed by atoms with Gasteiger partial charge < -0.3 is 15.4 Å². The Morgan fingerprint density at radius 1 is 1.28 bits per heavy atom. The lowest BCUT2D eigenvalue weighted by molar-refractivity contribution is -0.274. The number of rotatable bonds is 5. The van der Waals surface area contributed by atoms with E-state index in [1.807, 2.05) is 11.8 Å². The molecule has 1 atom stereocenters. The summed E-state index contributed by atoms with van der Waals surface area (Å²) in [7, 11) is 0. The lowest BCUT2D eigenvalue weighted by Crippen LogP contribution is -2.42. The van der Waals surface area contributed by atoms with Gasteiger partial charge in [0.05, 0.1) is 0 Å². The van der Waals surface area contributed by atoms with E-state index < -0.39 is 6.36 Å². The quantitative estimate of drug-likeness (QED) is 0.850. The molecule has 1 amide bonds. The number of carbonyl (C=O) groups excluding carboxylic acids is 1. The Bertz CT molecular complexity index is 542. The largest absolute Gasteiger partial charge is 0.573 e. The fourth-order valence-electron chi connectivity index (χ4n) is 2.94. The average Bonchev–Trinajstić information content (AvgIpc) is 2.52. The van der Waals surface area contributed by atoms with Crippen molar-refractivity contribution in [2.24, 2.45) is 11.7 Å². The van der Waals surface area contributed by atoms with Gasteiger partial charge in [0.2, 0.25) is 5.91 Å². The lowest BCUT2D eigenvalue weighted by atomic mass is 9.91. The summed E-state index contributed by atoms with van der Waals surface area (Å²) >= 11 is 0. The molecule has 1 aromatic rings. The first-order chi connectivity index (χ1) is 11.2. The number of nitrogens with two attached hydrogens (primary N) is 1. The molecule has 1 unspecified atom stereocenters. The topological polar surface area (TPSA) is 55.6 Å². The highest BCUT2D eigenvalue weighted by atomic mass is 35.5. The third-order valence-electron chi connectivity index (χ3n) is 4.42. The maximum Gasteiger partial charge on any atom is 0.573 e. The highest BCUT2D eigenvalue weighted by molar-refractivity contribution is 5.85. The summed E-state index contributed by atoms with van der Waals surface area (Å²) in [6.45, 7) is 3.45. The number of alkyl halides is 3. The van der Waals surface area contributed by atoms with Crippen molar-refractivity contribution in [3.63, 3.8) is 0 Å². The number of hydrogen-bond donors (Lipinski definition) is 1. The van der Waals surface area contributed by atoms with Crippen LogP contribution in [0.2, 0.25) is 0 Å². The molecule has 1 saturated heterocycles. The van der Waals surface area contributed by atoms with Gasteiger partial charge in [-0.15, -0.1) is 25.6 Å². The second-order valence-electron chi connectivity index (χ2n) is 6.27. The van der Waals surface area contributed by atoms with Crippen molar-refractivity contribution in [3.8, 4) is 5.75 Å². The zero-order chi connectivity index (χ0) is 17.7. The molecular formula is C17H24ClF3N2O2. The van der Waals surface area contributed by atoms with Gasteiger partial charge in [-0.1, -0.05) is 12.1 Å². The molecule has 142 valence electrons. The molecule has 1 fully saturated rings. The summed E-state index contributed by atoms with van der Waals surface area (Å²) in [5, 5.41) is 0. The van der Waals surface area contributed by atoms with Gasteiger partial charge in [0, 0.05) is 25.6 Å². The van der Waals surface area contributed by atoms with Crippen molar-refractivity contribution in [1.29, 1.82) is 0 Å². The third-order valence-corrected chi connectivity index (χ3v) is 4.42. The van der Waals surface area contributed by atoms with Gasteiger partial charge in [0.15, 0.2) is 0 Å². The van der Waals surface area contributed by atoms with Crippen LogP contribution in [0.3, 0.4) is 0 Å². The molecule has 2 N–H and O–H groups in total. The van der Waals surface area contributed by atoms with Gasteiger partial charge >= 0.3 is 6.36 Å². The molecule has 1 aliphatic heterocycles. The van der Waals surface area contributed by atoms with Gasteiger partial charge in [0.25, 0.3) is 0 Å². The van der Waals surface area contributed by atoms with Crippen molar-refractivity contribution in [2.45, 2.75) is 45.0 Å². The smallest absolute Gasteiger partial charge is 0.406 e. The third kappa shape index (κ3) is 7.12. The van der Waals surface area contributed by atoms with Crippen molar-refractivity contribution < 1.29 is 22.7 Å². The molecular weight excluding hydrogens is 357 g/mol. The van der Waals surface area contributed by atoms with Crippen LogP contribution < -0.4 is 10.5 Å². The summed E-state index contributed by atoms with van der Waals surface area (Å²) in [6, 6.07) is 5.79. The zero-order valence-electron chi connectivity index (χ0n) is 14.1. The second kappa shape index (κ2) is 9.29. The average molecular weight is 381 g/mol. The Hall–Kier alpha value is -1.47. The van der Waals surface area contributed by atoms with Crippen LogP contribution in [0.15, 0.2) is 24.3 Å². The molecule has 1 aliphatic rings. The summed E-state index contributed by atoms with van der Waals surface area (Å²) in [5.41, 5.74) is 6.70. The minimum absolute atomic E-state index is 0. The van der Waals surface area contributed by atoms with E-state index in [1.165, 1.54) is 12.1 Å². The lowest BCUT2D eigenvalue weighted by Gasteiger charge is -2.33. The van der Waals surface area contributed by atoms with E-state index in [0.29, 0.717) is 18.8 Å². The SMILES string of the molecule is CC(N)C1CCN(C(=O)CCc2ccc(OC(F)(F)F)cc2)CC1.Cl. The monoisotopic (exact) mass is 380 g/mol. The highest BCUT2D eigenvalue weighted by Gasteiger charge is 2.31. The number of benzene rings is 1. The number of ether oxygens (including phenoxy) is 1. The Kier molecular flexibility index (Phi) is 8.02. The minimum Gasteiger partial charge on any atom is -0.406 e. The first kappa shape index (κ1) is 21.6. The van der Waals surface area contributed by atoms with Crippen LogP contribution >= 0.6 is 12.4 Å². The summed E-state index contributed by atoms with van der Waals surface area (Å²) in [6.07, 6.45) is -1.99. The van der Waals surface area contributed by atoms with Crippen LogP contribution in [0.5, 0.6) is 5.75 Å². The summed E-state index contributed by atoms with van der Waals surface area (Å²) in [4.78, 5) is 14.1. The molecule has 1 heterocycles. The molecule has 0 radical (unpaired) electrons. The summed E-state index contributed by atoms with van der Waals surface area (Å²) in [5.74, 6) is 0.291. The van der Waals surface area contributed by atoms with Crippen molar-refractivity contribution in [2.75, 3.05) is 13.1 Å². The van der Waals surface area contributed by atoms with E-state index in [4.69, 9.17) is 5.73 Å². The van der Waals surface area contributed by atoms with E-state index in [1.54, 1.807) is 12.1 Å². The Labute approximate surface area is 151 Å². The van der Waals surface area contributed by atoms with Gasteiger partial charge in [-0.2, -0.15) is 0 Å². The number of aryl methyl sites for hydroxylation is 1. The fourth-order valence-corrected chi connectivity index (χ4v) is 2.94. The first-order valence-corrected chi connectivity index (χ1v) is 8.12. The standard InChI is InChI=1S/C17H23F3N2O2.ClH/c1-12(21)14-8-10-22(11-9-14)16(23)7-4-13-2-5-15(6-3-13)24-17(18,19)20;/h2-3,5-6,12,14H,4,7-11,21H2,1H3;1H. The van der Waals surface area contributed by atoms with Gasteiger partial charge in [-0.05, 0) is 49.8 Å². The molecule has 0 bridgehead atoms.